The van der Waals surface area contributed by atoms with Gasteiger partial charge in [-0.25, -0.2) is 13.2 Å². The Kier molecular flexibility index (Phi) is 6.87. The molecule has 1 saturated heterocycles. The molecular weight excluding hydrogens is 551 g/mol. The highest BCUT2D eigenvalue weighted by molar-refractivity contribution is 5.94. The number of nitrogens with zero attached hydrogens (tertiary/aromatic N) is 1. The van der Waals surface area contributed by atoms with Crippen molar-refractivity contribution in [1.82, 2.24) is 5.06 Å². The van der Waals surface area contributed by atoms with E-state index in [4.69, 9.17) is 9.57 Å². The van der Waals surface area contributed by atoms with E-state index < -0.39 is 70.1 Å². The molecule has 1 heterocycles. The van der Waals surface area contributed by atoms with Crippen LogP contribution in [0.2, 0.25) is 0 Å². The Morgan fingerprint density at radius 3 is 2.57 bits per heavy atom. The number of halogens is 3. The molecule has 2 saturated carbocycles. The van der Waals surface area contributed by atoms with Crippen molar-refractivity contribution in [2.24, 2.45) is 28.6 Å². The van der Waals surface area contributed by atoms with Gasteiger partial charge in [-0.1, -0.05) is 32.1 Å². The minimum absolute atomic E-state index is 0.0774. The van der Waals surface area contributed by atoms with E-state index in [-0.39, 0.29) is 55.9 Å². The third kappa shape index (κ3) is 3.87. The van der Waals surface area contributed by atoms with Crippen molar-refractivity contribution >= 4 is 17.5 Å². The van der Waals surface area contributed by atoms with Gasteiger partial charge in [0, 0.05) is 55.0 Å². The summed E-state index contributed by atoms with van der Waals surface area (Å²) in [5.41, 5.74) is -5.65. The number of Topliss-reactive ketones (excluding diaryl/α,β-unsaturated/α-hetero) is 1. The van der Waals surface area contributed by atoms with Crippen molar-refractivity contribution in [3.8, 4) is 0 Å². The zero-order chi connectivity index (χ0) is 30.2. The minimum Gasteiger partial charge on any atom is -0.458 e. The maximum atomic E-state index is 17.6. The van der Waals surface area contributed by atoms with Crippen molar-refractivity contribution in [3.05, 3.63) is 59.2 Å². The molecule has 226 valence electrons. The molecule has 3 fully saturated rings. The second kappa shape index (κ2) is 9.86. The smallest absolute Gasteiger partial charge is 0.305 e. The van der Waals surface area contributed by atoms with E-state index in [1.165, 1.54) is 24.3 Å². The van der Waals surface area contributed by atoms with Crippen LogP contribution in [0.15, 0.2) is 47.8 Å². The summed E-state index contributed by atoms with van der Waals surface area (Å²) < 4.78 is 52.1. The fraction of sp³-hybridized carbons (Fsp3) is 0.594. The van der Waals surface area contributed by atoms with Crippen LogP contribution < -0.4 is 0 Å². The summed E-state index contributed by atoms with van der Waals surface area (Å²) in [6.45, 7) is 4.94. The van der Waals surface area contributed by atoms with Gasteiger partial charge in [0.1, 0.15) is 11.6 Å². The number of hydrogen-bond donors (Lipinski definition) is 1. The number of aliphatic hydroxyl groups is 1. The van der Waals surface area contributed by atoms with Crippen molar-refractivity contribution in [3.63, 3.8) is 0 Å². The van der Waals surface area contributed by atoms with Crippen molar-refractivity contribution in [1.29, 1.82) is 0 Å². The van der Waals surface area contributed by atoms with Crippen molar-refractivity contribution < 1.29 is 42.2 Å². The maximum Gasteiger partial charge on any atom is 0.305 e. The van der Waals surface area contributed by atoms with Gasteiger partial charge < -0.3 is 9.84 Å². The van der Waals surface area contributed by atoms with E-state index in [9.17, 15) is 23.9 Å². The fourth-order valence-electron chi connectivity index (χ4n) is 9.04. The summed E-state index contributed by atoms with van der Waals surface area (Å²) >= 11 is 0. The van der Waals surface area contributed by atoms with Crippen LogP contribution in [0, 0.1) is 34.4 Å². The number of alkyl halides is 1. The number of fused-ring (bicyclic) bond motifs is 7. The summed E-state index contributed by atoms with van der Waals surface area (Å²) in [7, 11) is 0. The molecule has 0 radical (unpaired) electrons. The molecular formula is C32H36F3NO6. The van der Waals surface area contributed by atoms with Gasteiger partial charge >= 0.3 is 5.97 Å². The summed E-state index contributed by atoms with van der Waals surface area (Å²) in [4.78, 5) is 44.8. The van der Waals surface area contributed by atoms with Crippen LogP contribution in [0.5, 0.6) is 0 Å². The second-order valence-electron chi connectivity index (χ2n) is 13.0. The lowest BCUT2D eigenvalue weighted by molar-refractivity contribution is -0.267. The third-order valence-corrected chi connectivity index (χ3v) is 11.0. The van der Waals surface area contributed by atoms with Crippen LogP contribution in [0.4, 0.5) is 13.2 Å². The number of esters is 1. The second-order valence-corrected chi connectivity index (χ2v) is 13.0. The normalized spacial score (nSPS) is 40.8. The summed E-state index contributed by atoms with van der Waals surface area (Å²) in [5.74, 6) is -4.27. The minimum atomic E-state index is -2.27. The van der Waals surface area contributed by atoms with Gasteiger partial charge in [0.25, 0.3) is 0 Å². The average Bonchev–Trinajstić information content (AvgIpc) is 3.43. The fourth-order valence-corrected chi connectivity index (χ4v) is 9.04. The Balaban J connectivity index is 1.40. The largest absolute Gasteiger partial charge is 0.458 e. The van der Waals surface area contributed by atoms with Gasteiger partial charge in [0.15, 0.2) is 23.7 Å². The number of allylic oxidation sites excluding steroid dienone is 4. The molecule has 6 rings (SSSR count). The number of rotatable bonds is 6. The molecule has 1 aliphatic heterocycles. The third-order valence-electron chi connectivity index (χ3n) is 11.0. The van der Waals surface area contributed by atoms with E-state index in [0.717, 1.165) is 5.56 Å². The maximum absolute atomic E-state index is 17.6. The molecule has 4 aliphatic carbocycles. The number of ketones is 2. The molecule has 10 heteroatoms. The monoisotopic (exact) mass is 587 g/mol. The Bertz CT molecular complexity index is 1390. The van der Waals surface area contributed by atoms with E-state index in [0.29, 0.717) is 6.42 Å². The van der Waals surface area contributed by atoms with Crippen LogP contribution in [-0.4, -0.2) is 58.2 Å². The van der Waals surface area contributed by atoms with Crippen LogP contribution in [0.3, 0.4) is 0 Å². The van der Waals surface area contributed by atoms with Crippen molar-refractivity contribution in [2.45, 2.75) is 76.8 Å². The lowest BCUT2D eigenvalue weighted by Crippen LogP contribution is -2.69. The lowest BCUT2D eigenvalue weighted by Gasteiger charge is -2.62. The van der Waals surface area contributed by atoms with Gasteiger partial charge in [-0.3, -0.25) is 19.2 Å². The molecule has 1 aromatic carbocycles. The predicted octanol–water partition coefficient (Wildman–Crippen LogP) is 4.73. The molecule has 1 aromatic rings. The number of benzene rings is 1. The number of carbonyl (C=O) groups is 3. The molecule has 0 aromatic heterocycles. The first-order valence-corrected chi connectivity index (χ1v) is 14.6. The summed E-state index contributed by atoms with van der Waals surface area (Å²) in [6.07, 6.45) is 0.809. The number of ether oxygens (including phenoxy) is 1. The van der Waals surface area contributed by atoms with Gasteiger partial charge in [0.05, 0.1) is 6.10 Å². The average molecular weight is 588 g/mol. The SMILES string of the molecule is CCC(=O)OCC(=O)[C@@]12ON(Cc3ccc(F)cc3)C[C@@H]1C[C@H]1[C@@H]3CC(F)=C4CC(=O)C=C[C@]4(C)[C@@]3(F)[C@@H](O)C[C@@]12C. The summed E-state index contributed by atoms with van der Waals surface area (Å²) in [5, 5.41) is 13.3. The molecule has 5 aliphatic rings. The van der Waals surface area contributed by atoms with Crippen molar-refractivity contribution in [2.75, 3.05) is 13.2 Å². The van der Waals surface area contributed by atoms with E-state index in [1.807, 2.05) is 0 Å². The highest BCUT2D eigenvalue weighted by Crippen LogP contribution is 2.72. The first kappa shape index (κ1) is 29.3. The quantitative estimate of drug-likeness (QED) is 0.481. The van der Waals surface area contributed by atoms with Gasteiger partial charge in [-0.2, -0.15) is 5.06 Å². The Hall–Kier alpha value is -2.82. The van der Waals surface area contributed by atoms with E-state index in [2.05, 4.69) is 0 Å². The molecule has 0 spiro atoms. The Morgan fingerprint density at radius 2 is 1.88 bits per heavy atom. The highest BCUT2D eigenvalue weighted by Gasteiger charge is 2.79. The summed E-state index contributed by atoms with van der Waals surface area (Å²) in [6, 6.07) is 5.91. The molecule has 0 bridgehead atoms. The Morgan fingerprint density at radius 1 is 1.17 bits per heavy atom. The molecule has 8 atom stereocenters. The molecule has 0 unspecified atom stereocenters. The molecule has 0 amide bonds. The molecule has 7 nitrogen and oxygen atoms in total. The number of hydrogen-bond acceptors (Lipinski definition) is 7. The van der Waals surface area contributed by atoms with Crippen LogP contribution in [0.1, 0.15) is 58.4 Å². The number of carbonyl (C=O) groups excluding carboxylic acids is 3. The predicted molar refractivity (Wildman–Crippen MR) is 144 cm³/mol. The van der Waals surface area contributed by atoms with Gasteiger partial charge in [-0.15, -0.1) is 0 Å². The van der Waals surface area contributed by atoms with Gasteiger partial charge in [-0.05, 0) is 55.0 Å². The zero-order valence-corrected chi connectivity index (χ0v) is 24.0. The Labute approximate surface area is 242 Å². The standard InChI is InChI=1S/C32H36F3NO6/c1-4-28(40)41-17-27(39)32-19(16-36(42-32)15-18-5-7-20(33)8-6-18)11-22-23-13-25(34)24-12-21(37)9-10-29(24,2)31(23,35)26(38)14-30(22,32)3/h5-10,19,22-23,26,38H,4,11-17H2,1-3H3/t19-,22-,23-,26-,29-,30-,31-,32-/m0/s1. The van der Waals surface area contributed by atoms with E-state index in [1.54, 1.807) is 38.0 Å². The first-order chi connectivity index (χ1) is 19.8. The molecule has 42 heavy (non-hydrogen) atoms. The topological polar surface area (TPSA) is 93.1 Å². The number of hydroxylamine groups is 2. The highest BCUT2D eigenvalue weighted by atomic mass is 19.1. The van der Waals surface area contributed by atoms with E-state index >= 15 is 8.78 Å². The number of aliphatic hydroxyl groups excluding tert-OH is 1. The van der Waals surface area contributed by atoms with Crippen LogP contribution >= 0.6 is 0 Å². The van der Waals surface area contributed by atoms with Crippen LogP contribution in [0.25, 0.3) is 0 Å². The zero-order valence-electron chi connectivity index (χ0n) is 24.0. The lowest BCUT2D eigenvalue weighted by atomic mass is 9.45. The molecule has 1 N–H and O–H groups in total. The van der Waals surface area contributed by atoms with Gasteiger partial charge in [0.2, 0.25) is 5.78 Å². The van der Waals surface area contributed by atoms with Crippen LogP contribution in [-0.2, 0) is 30.5 Å². The first-order valence-electron chi connectivity index (χ1n) is 14.6.